The molecule has 138 valence electrons. The van der Waals surface area contributed by atoms with E-state index in [1.807, 2.05) is 16.0 Å². The quantitative estimate of drug-likeness (QED) is 0.539. The molecule has 0 saturated carbocycles. The SMILES string of the molecule is O=S(=O)(Cc1cc(F)cc(F)c1)Nc1ccccc1-c1cn2ccsc2n1. The lowest BCUT2D eigenvalue weighted by atomic mass is 10.1. The number of benzene rings is 2. The number of halogens is 2. The molecule has 1 N–H and O–H groups in total. The van der Waals surface area contributed by atoms with Gasteiger partial charge in [-0.15, -0.1) is 11.3 Å². The lowest BCUT2D eigenvalue weighted by Crippen LogP contribution is -2.16. The Balaban J connectivity index is 1.65. The summed E-state index contributed by atoms with van der Waals surface area (Å²) in [6.07, 6.45) is 3.67. The van der Waals surface area contributed by atoms with Gasteiger partial charge in [0.15, 0.2) is 4.96 Å². The third-order valence-electron chi connectivity index (χ3n) is 3.84. The zero-order valence-corrected chi connectivity index (χ0v) is 15.4. The first-order valence-corrected chi connectivity index (χ1v) is 10.4. The van der Waals surface area contributed by atoms with Crippen molar-refractivity contribution in [3.8, 4) is 11.3 Å². The van der Waals surface area contributed by atoms with E-state index in [4.69, 9.17) is 0 Å². The first kappa shape index (κ1) is 17.6. The van der Waals surface area contributed by atoms with E-state index < -0.39 is 27.4 Å². The first-order chi connectivity index (χ1) is 12.9. The molecule has 0 unspecified atom stereocenters. The Labute approximate surface area is 158 Å². The monoisotopic (exact) mass is 405 g/mol. The van der Waals surface area contributed by atoms with Crippen molar-refractivity contribution in [2.24, 2.45) is 0 Å². The molecule has 5 nitrogen and oxygen atoms in total. The van der Waals surface area contributed by atoms with E-state index in [0.717, 1.165) is 17.1 Å². The second-order valence-corrected chi connectivity index (χ2v) is 8.50. The fraction of sp³-hybridized carbons (Fsp3) is 0.0556. The van der Waals surface area contributed by atoms with Gasteiger partial charge in [-0.1, -0.05) is 18.2 Å². The van der Waals surface area contributed by atoms with Crippen LogP contribution in [0.2, 0.25) is 0 Å². The minimum absolute atomic E-state index is 0.0278. The number of fused-ring (bicyclic) bond motifs is 1. The number of nitrogens with one attached hydrogen (secondary N) is 1. The molecule has 4 aromatic rings. The standard InChI is InChI=1S/C18H13F2N3O2S2/c19-13-7-12(8-14(20)9-13)11-27(24,25)22-16-4-2-1-3-15(16)17-10-23-5-6-26-18(23)21-17/h1-10,22H,11H2. The Hall–Kier alpha value is -2.78. The molecule has 0 saturated heterocycles. The predicted molar refractivity (Wildman–Crippen MR) is 101 cm³/mol. The molecule has 4 rings (SSSR count). The maximum atomic E-state index is 13.3. The average molecular weight is 405 g/mol. The summed E-state index contributed by atoms with van der Waals surface area (Å²) in [5, 5.41) is 1.90. The largest absolute Gasteiger partial charge is 0.297 e. The number of hydrogen-bond acceptors (Lipinski definition) is 4. The molecular formula is C18H13F2N3O2S2. The summed E-state index contributed by atoms with van der Waals surface area (Å²) >= 11 is 1.47. The third kappa shape index (κ3) is 3.83. The van der Waals surface area contributed by atoms with E-state index in [1.54, 1.807) is 30.5 Å². The van der Waals surface area contributed by atoms with Gasteiger partial charge in [-0.3, -0.25) is 9.12 Å². The molecule has 0 amide bonds. The van der Waals surface area contributed by atoms with E-state index >= 15 is 0 Å². The van der Waals surface area contributed by atoms with Gasteiger partial charge in [-0.25, -0.2) is 22.2 Å². The number of rotatable bonds is 5. The average Bonchev–Trinajstić information content (AvgIpc) is 3.15. The van der Waals surface area contributed by atoms with Crippen molar-refractivity contribution in [1.82, 2.24) is 9.38 Å². The van der Waals surface area contributed by atoms with Crippen LogP contribution in [0.15, 0.2) is 60.2 Å². The van der Waals surface area contributed by atoms with Crippen molar-refractivity contribution in [1.29, 1.82) is 0 Å². The van der Waals surface area contributed by atoms with Crippen LogP contribution >= 0.6 is 11.3 Å². The Bertz CT molecular complexity index is 1180. The van der Waals surface area contributed by atoms with Crippen LogP contribution in [-0.4, -0.2) is 17.8 Å². The summed E-state index contributed by atoms with van der Waals surface area (Å²) in [4.78, 5) is 5.28. The number of para-hydroxylation sites is 1. The molecule has 0 fully saturated rings. The number of sulfonamides is 1. The summed E-state index contributed by atoms with van der Waals surface area (Å²) < 4.78 is 56.0. The van der Waals surface area contributed by atoms with Crippen LogP contribution < -0.4 is 4.72 Å². The second-order valence-electron chi connectivity index (χ2n) is 5.90. The van der Waals surface area contributed by atoms with Crippen LogP contribution in [0.25, 0.3) is 16.2 Å². The fourth-order valence-corrected chi connectivity index (χ4v) is 4.66. The minimum Gasteiger partial charge on any atom is -0.297 e. The van der Waals surface area contributed by atoms with Gasteiger partial charge < -0.3 is 0 Å². The van der Waals surface area contributed by atoms with Crippen LogP contribution in [0.1, 0.15) is 5.56 Å². The van der Waals surface area contributed by atoms with Crippen molar-refractivity contribution in [2.75, 3.05) is 4.72 Å². The molecule has 0 radical (unpaired) electrons. The van der Waals surface area contributed by atoms with Crippen LogP contribution in [-0.2, 0) is 15.8 Å². The van der Waals surface area contributed by atoms with Gasteiger partial charge in [0.2, 0.25) is 10.0 Å². The van der Waals surface area contributed by atoms with Gasteiger partial charge in [-0.2, -0.15) is 0 Å². The molecule has 2 aromatic heterocycles. The van der Waals surface area contributed by atoms with E-state index in [-0.39, 0.29) is 5.56 Å². The molecule has 0 bridgehead atoms. The van der Waals surface area contributed by atoms with Crippen LogP contribution in [0.4, 0.5) is 14.5 Å². The summed E-state index contributed by atoms with van der Waals surface area (Å²) in [6.45, 7) is 0. The smallest absolute Gasteiger partial charge is 0.236 e. The minimum atomic E-state index is -3.88. The van der Waals surface area contributed by atoms with Gasteiger partial charge >= 0.3 is 0 Å². The fourth-order valence-electron chi connectivity index (χ4n) is 2.77. The van der Waals surface area contributed by atoms with Gasteiger partial charge in [-0.05, 0) is 23.8 Å². The van der Waals surface area contributed by atoms with Crippen molar-refractivity contribution in [3.05, 3.63) is 77.4 Å². The lowest BCUT2D eigenvalue weighted by molar-refractivity contribution is 0.579. The van der Waals surface area contributed by atoms with Crippen LogP contribution in [0.5, 0.6) is 0 Å². The van der Waals surface area contributed by atoms with Crippen molar-refractivity contribution < 1.29 is 17.2 Å². The van der Waals surface area contributed by atoms with Gasteiger partial charge in [0.05, 0.1) is 17.1 Å². The topological polar surface area (TPSA) is 63.5 Å². The van der Waals surface area contributed by atoms with Crippen molar-refractivity contribution >= 4 is 32.0 Å². The third-order valence-corrected chi connectivity index (χ3v) is 5.86. The number of nitrogens with zero attached hydrogens (tertiary/aromatic N) is 2. The molecule has 0 aliphatic carbocycles. The maximum Gasteiger partial charge on any atom is 0.236 e. The normalized spacial score (nSPS) is 11.8. The molecule has 0 aliphatic heterocycles. The lowest BCUT2D eigenvalue weighted by Gasteiger charge is -2.11. The van der Waals surface area contributed by atoms with E-state index in [1.165, 1.54) is 11.3 Å². The number of anilines is 1. The zero-order valence-electron chi connectivity index (χ0n) is 13.8. The number of hydrogen-bond donors (Lipinski definition) is 1. The highest BCUT2D eigenvalue weighted by Gasteiger charge is 2.17. The highest BCUT2D eigenvalue weighted by Crippen LogP contribution is 2.29. The summed E-state index contributed by atoms with van der Waals surface area (Å²) in [7, 11) is -3.88. The molecule has 2 heterocycles. The Morgan fingerprint density at radius 2 is 1.85 bits per heavy atom. The van der Waals surface area contributed by atoms with E-state index in [0.29, 0.717) is 23.0 Å². The van der Waals surface area contributed by atoms with Gasteiger partial charge in [0, 0.05) is 29.4 Å². The Morgan fingerprint density at radius 1 is 1.11 bits per heavy atom. The van der Waals surface area contributed by atoms with Gasteiger partial charge in [0.25, 0.3) is 0 Å². The molecule has 9 heteroatoms. The van der Waals surface area contributed by atoms with Crippen molar-refractivity contribution in [3.63, 3.8) is 0 Å². The molecule has 2 aromatic carbocycles. The molecule has 0 atom stereocenters. The maximum absolute atomic E-state index is 13.3. The highest BCUT2D eigenvalue weighted by atomic mass is 32.2. The van der Waals surface area contributed by atoms with Crippen LogP contribution in [0.3, 0.4) is 0 Å². The van der Waals surface area contributed by atoms with Crippen molar-refractivity contribution in [2.45, 2.75) is 5.75 Å². The number of thiazole rings is 1. The number of aromatic nitrogens is 2. The zero-order chi connectivity index (χ0) is 19.0. The molecular weight excluding hydrogens is 392 g/mol. The predicted octanol–water partition coefficient (Wildman–Crippen LogP) is 4.28. The summed E-state index contributed by atoms with van der Waals surface area (Å²) in [6, 6.07) is 9.54. The molecule has 0 spiro atoms. The first-order valence-electron chi connectivity index (χ1n) is 7.87. The van der Waals surface area contributed by atoms with Gasteiger partial charge in [0.1, 0.15) is 11.6 Å². The second kappa shape index (κ2) is 6.75. The Kier molecular flexibility index (Phi) is 4.40. The van der Waals surface area contributed by atoms with E-state index in [2.05, 4.69) is 9.71 Å². The molecule has 27 heavy (non-hydrogen) atoms. The van der Waals surface area contributed by atoms with Crippen LogP contribution in [0, 0.1) is 11.6 Å². The Morgan fingerprint density at radius 3 is 2.59 bits per heavy atom. The molecule has 0 aliphatic rings. The number of imidazole rings is 1. The summed E-state index contributed by atoms with van der Waals surface area (Å²) in [5.74, 6) is -2.19. The summed E-state index contributed by atoms with van der Waals surface area (Å²) in [5.41, 5.74) is 1.61. The van der Waals surface area contributed by atoms with E-state index in [9.17, 15) is 17.2 Å². The highest BCUT2D eigenvalue weighted by molar-refractivity contribution is 7.91.